The van der Waals surface area contributed by atoms with Crippen LogP contribution in [0.15, 0.2) is 52.5 Å². The van der Waals surface area contributed by atoms with E-state index < -0.39 is 5.97 Å². The van der Waals surface area contributed by atoms with Gasteiger partial charge in [-0.05, 0) is 61.9 Å². The number of methoxy groups -OCH3 is 2. The maximum Gasteiger partial charge on any atom is 0.350 e. The molecular formula is C28H27NO5S. The lowest BCUT2D eigenvalue weighted by molar-refractivity contribution is -0.111. The summed E-state index contributed by atoms with van der Waals surface area (Å²) in [5.74, 6) is -0.198. The summed E-state index contributed by atoms with van der Waals surface area (Å²) >= 11 is 1.21. The Balaban J connectivity index is 1.76. The van der Waals surface area contributed by atoms with Crippen molar-refractivity contribution in [2.45, 2.75) is 27.7 Å². The van der Waals surface area contributed by atoms with Crippen LogP contribution in [0.2, 0.25) is 0 Å². The van der Waals surface area contributed by atoms with Gasteiger partial charge in [-0.2, -0.15) is 0 Å². The number of allylic oxidation sites excluding steroid dienone is 1. The smallest absolute Gasteiger partial charge is 0.350 e. The van der Waals surface area contributed by atoms with Gasteiger partial charge in [0.15, 0.2) is 0 Å². The Labute approximate surface area is 208 Å². The van der Waals surface area contributed by atoms with Crippen LogP contribution >= 0.6 is 11.3 Å². The van der Waals surface area contributed by atoms with E-state index in [1.165, 1.54) is 30.1 Å². The highest BCUT2D eigenvalue weighted by Gasteiger charge is 2.20. The molecule has 0 aliphatic heterocycles. The van der Waals surface area contributed by atoms with Gasteiger partial charge in [0, 0.05) is 28.2 Å². The van der Waals surface area contributed by atoms with Crippen molar-refractivity contribution in [3.63, 3.8) is 0 Å². The van der Waals surface area contributed by atoms with Crippen molar-refractivity contribution in [1.82, 2.24) is 0 Å². The Morgan fingerprint density at radius 3 is 2.51 bits per heavy atom. The van der Waals surface area contributed by atoms with Gasteiger partial charge in [-0.3, -0.25) is 4.79 Å². The van der Waals surface area contributed by atoms with Gasteiger partial charge in [-0.25, -0.2) is 4.79 Å². The SMILES string of the molecule is COC(=O)c1sccc1NC(=O)/C=C(\C)c1cc2c(-c3ccc(C)cc3C)coc2c(C)c1OC. The second-order valence-electron chi connectivity index (χ2n) is 8.40. The summed E-state index contributed by atoms with van der Waals surface area (Å²) < 4.78 is 16.5. The molecule has 180 valence electrons. The van der Waals surface area contributed by atoms with Crippen LogP contribution in [-0.2, 0) is 9.53 Å². The number of furan rings is 1. The standard InChI is InChI=1S/C28H27NO5S/c1-15-7-8-19(16(2)11-15)22-14-34-26-18(4)25(32-5)20(13-21(22)26)17(3)12-24(30)29-23-9-10-35-27(23)28(31)33-6/h7-14H,1-6H3,(H,29,30)/b17-12+. The van der Waals surface area contributed by atoms with Crippen LogP contribution in [0.3, 0.4) is 0 Å². The van der Waals surface area contributed by atoms with E-state index in [2.05, 4.69) is 37.4 Å². The van der Waals surface area contributed by atoms with Crippen molar-refractivity contribution >= 4 is 45.4 Å². The number of esters is 1. The van der Waals surface area contributed by atoms with Crippen molar-refractivity contribution in [2.75, 3.05) is 19.5 Å². The maximum absolute atomic E-state index is 12.8. The minimum Gasteiger partial charge on any atom is -0.496 e. The van der Waals surface area contributed by atoms with E-state index in [4.69, 9.17) is 13.9 Å². The van der Waals surface area contributed by atoms with Gasteiger partial charge in [0.25, 0.3) is 0 Å². The lowest BCUT2D eigenvalue weighted by Crippen LogP contribution is -2.11. The van der Waals surface area contributed by atoms with E-state index in [1.54, 1.807) is 24.8 Å². The zero-order valence-electron chi connectivity index (χ0n) is 20.6. The molecule has 2 aromatic heterocycles. The largest absolute Gasteiger partial charge is 0.496 e. The normalized spacial score (nSPS) is 11.5. The van der Waals surface area contributed by atoms with Crippen LogP contribution in [0.25, 0.3) is 27.7 Å². The van der Waals surface area contributed by atoms with Crippen LogP contribution in [0.1, 0.15) is 38.8 Å². The van der Waals surface area contributed by atoms with Crippen LogP contribution in [0.5, 0.6) is 5.75 Å². The van der Waals surface area contributed by atoms with Crippen LogP contribution in [-0.4, -0.2) is 26.1 Å². The van der Waals surface area contributed by atoms with Crippen molar-refractivity contribution in [3.8, 4) is 16.9 Å². The van der Waals surface area contributed by atoms with Gasteiger partial charge in [-0.1, -0.05) is 23.8 Å². The molecule has 0 radical (unpaired) electrons. The van der Waals surface area contributed by atoms with Gasteiger partial charge in [0.05, 0.1) is 26.2 Å². The van der Waals surface area contributed by atoms with E-state index in [0.29, 0.717) is 21.9 Å². The number of amides is 1. The monoisotopic (exact) mass is 489 g/mol. The quantitative estimate of drug-likeness (QED) is 0.235. The Bertz CT molecular complexity index is 1470. The van der Waals surface area contributed by atoms with Gasteiger partial charge < -0.3 is 19.2 Å². The fraction of sp³-hybridized carbons (Fsp3) is 0.214. The number of anilines is 1. The summed E-state index contributed by atoms with van der Waals surface area (Å²) in [6.45, 7) is 7.96. The molecule has 4 rings (SSSR count). The molecule has 1 N–H and O–H groups in total. The number of nitrogens with one attached hydrogen (secondary N) is 1. The molecule has 0 bridgehead atoms. The second kappa shape index (κ2) is 9.80. The predicted molar refractivity (Wildman–Crippen MR) is 140 cm³/mol. The Morgan fingerprint density at radius 1 is 1.06 bits per heavy atom. The van der Waals surface area contributed by atoms with Crippen LogP contribution < -0.4 is 10.1 Å². The number of hydrogen-bond donors (Lipinski definition) is 1. The number of fused-ring (bicyclic) bond motifs is 1. The topological polar surface area (TPSA) is 77.8 Å². The summed E-state index contributed by atoms with van der Waals surface area (Å²) in [6, 6.07) is 10.0. The fourth-order valence-electron chi connectivity index (χ4n) is 4.30. The summed E-state index contributed by atoms with van der Waals surface area (Å²) in [4.78, 5) is 25.1. The average Bonchev–Trinajstić information content (AvgIpc) is 3.45. The third-order valence-electron chi connectivity index (χ3n) is 5.99. The lowest BCUT2D eigenvalue weighted by Gasteiger charge is -2.14. The molecule has 0 aliphatic rings. The highest BCUT2D eigenvalue weighted by atomic mass is 32.1. The average molecular weight is 490 g/mol. The summed E-state index contributed by atoms with van der Waals surface area (Å²) in [5.41, 5.74) is 7.97. The fourth-order valence-corrected chi connectivity index (χ4v) is 5.06. The molecule has 35 heavy (non-hydrogen) atoms. The number of rotatable bonds is 6. The molecule has 0 aliphatic carbocycles. The number of thiophene rings is 1. The van der Waals surface area contributed by atoms with Crippen molar-refractivity contribution in [1.29, 1.82) is 0 Å². The Hall–Kier alpha value is -3.84. The van der Waals surface area contributed by atoms with E-state index in [1.807, 2.05) is 19.9 Å². The number of ether oxygens (including phenoxy) is 2. The number of benzene rings is 2. The summed E-state index contributed by atoms with van der Waals surface area (Å²) in [5, 5.41) is 5.45. The molecule has 1 amide bonds. The molecule has 4 aromatic rings. The molecular weight excluding hydrogens is 462 g/mol. The molecule has 0 spiro atoms. The second-order valence-corrected chi connectivity index (χ2v) is 9.31. The number of carbonyl (C=O) groups is 2. The third-order valence-corrected chi connectivity index (χ3v) is 6.88. The molecule has 2 aromatic carbocycles. The minimum atomic E-state index is -0.488. The van der Waals surface area contributed by atoms with Crippen molar-refractivity contribution in [2.24, 2.45) is 0 Å². The van der Waals surface area contributed by atoms with Crippen molar-refractivity contribution < 1.29 is 23.5 Å². The van der Waals surface area contributed by atoms with Gasteiger partial charge in [0.1, 0.15) is 16.2 Å². The molecule has 7 heteroatoms. The van der Waals surface area contributed by atoms with E-state index in [9.17, 15) is 9.59 Å². The molecule has 2 heterocycles. The predicted octanol–water partition coefficient (Wildman–Crippen LogP) is 6.92. The summed E-state index contributed by atoms with van der Waals surface area (Å²) in [6.07, 6.45) is 3.27. The molecule has 6 nitrogen and oxygen atoms in total. The molecule has 0 saturated carbocycles. The lowest BCUT2D eigenvalue weighted by atomic mass is 9.94. The zero-order chi connectivity index (χ0) is 25.3. The molecule has 0 unspecified atom stereocenters. The maximum atomic E-state index is 12.8. The highest BCUT2D eigenvalue weighted by molar-refractivity contribution is 7.12. The van der Waals surface area contributed by atoms with Crippen LogP contribution in [0, 0.1) is 20.8 Å². The molecule has 0 saturated heterocycles. The minimum absolute atomic E-state index is 0.346. The Morgan fingerprint density at radius 2 is 1.83 bits per heavy atom. The first kappa shape index (κ1) is 24.3. The molecule has 0 atom stereocenters. The third kappa shape index (κ3) is 4.59. The highest BCUT2D eigenvalue weighted by Crippen LogP contribution is 2.41. The summed E-state index contributed by atoms with van der Waals surface area (Å²) in [7, 11) is 2.91. The number of hydrogen-bond acceptors (Lipinski definition) is 6. The van der Waals surface area contributed by atoms with E-state index in [0.717, 1.165) is 38.8 Å². The first-order chi connectivity index (χ1) is 16.7. The van der Waals surface area contributed by atoms with Gasteiger partial charge in [0.2, 0.25) is 5.91 Å². The Kier molecular flexibility index (Phi) is 6.80. The van der Waals surface area contributed by atoms with Gasteiger partial charge in [-0.15, -0.1) is 11.3 Å². The first-order valence-electron chi connectivity index (χ1n) is 11.1. The van der Waals surface area contributed by atoms with Crippen molar-refractivity contribution in [3.05, 3.63) is 75.2 Å². The number of carbonyl (C=O) groups excluding carboxylic acids is 2. The zero-order valence-corrected chi connectivity index (χ0v) is 21.4. The molecule has 0 fully saturated rings. The van der Waals surface area contributed by atoms with Gasteiger partial charge >= 0.3 is 5.97 Å². The van der Waals surface area contributed by atoms with E-state index >= 15 is 0 Å². The number of aryl methyl sites for hydroxylation is 3. The van der Waals surface area contributed by atoms with Crippen LogP contribution in [0.4, 0.5) is 5.69 Å². The first-order valence-corrected chi connectivity index (χ1v) is 11.9. The van der Waals surface area contributed by atoms with E-state index in [-0.39, 0.29) is 5.91 Å².